The number of carbonyl (C=O) groups excluding carboxylic acids is 1. The third kappa shape index (κ3) is 3.78. The molecule has 0 spiro atoms. The first kappa shape index (κ1) is 18.4. The summed E-state index contributed by atoms with van der Waals surface area (Å²) in [6, 6.07) is 4.53. The molecule has 2 aromatic rings. The lowest BCUT2D eigenvalue weighted by atomic mass is 10.1. The van der Waals surface area contributed by atoms with Crippen molar-refractivity contribution in [1.82, 2.24) is 4.40 Å². The van der Waals surface area contributed by atoms with E-state index in [-0.39, 0.29) is 18.4 Å². The van der Waals surface area contributed by atoms with E-state index in [2.05, 4.69) is 0 Å². The van der Waals surface area contributed by atoms with Crippen molar-refractivity contribution in [3.05, 3.63) is 41.2 Å². The summed E-state index contributed by atoms with van der Waals surface area (Å²) in [5.74, 6) is -2.80. The summed E-state index contributed by atoms with van der Waals surface area (Å²) in [5.41, 5.74) is 13.3. The minimum Gasteiger partial charge on any atom is -0.481 e. The SMILES string of the molecule is COC(=O)c1cc(C(N)CC(=O)O)n2c(C(N)CC(=O)O)cccc12. The van der Waals surface area contributed by atoms with Gasteiger partial charge in [0.05, 0.1) is 43.1 Å². The van der Waals surface area contributed by atoms with Crippen molar-refractivity contribution in [3.8, 4) is 0 Å². The highest BCUT2D eigenvalue weighted by atomic mass is 16.5. The van der Waals surface area contributed by atoms with Gasteiger partial charge < -0.3 is 30.8 Å². The van der Waals surface area contributed by atoms with Crippen molar-refractivity contribution in [3.63, 3.8) is 0 Å². The maximum atomic E-state index is 12.0. The largest absolute Gasteiger partial charge is 0.481 e. The van der Waals surface area contributed by atoms with Crippen molar-refractivity contribution in [2.45, 2.75) is 24.9 Å². The molecule has 0 saturated carbocycles. The number of fused-ring (bicyclic) bond motifs is 1. The highest BCUT2D eigenvalue weighted by Gasteiger charge is 2.24. The number of nitrogens with zero attached hydrogens (tertiary/aromatic N) is 1. The number of nitrogens with two attached hydrogens (primary N) is 2. The fourth-order valence-electron chi connectivity index (χ4n) is 2.73. The number of carboxylic acids is 2. The van der Waals surface area contributed by atoms with E-state index in [0.717, 1.165) is 0 Å². The number of rotatable bonds is 7. The van der Waals surface area contributed by atoms with Gasteiger partial charge in [-0.1, -0.05) is 6.07 Å². The number of pyridine rings is 1. The second-order valence-electron chi connectivity index (χ2n) is 5.55. The quantitative estimate of drug-likeness (QED) is 0.531. The molecule has 0 fully saturated rings. The molecule has 2 rings (SSSR count). The number of hydrogen-bond donors (Lipinski definition) is 4. The molecule has 9 nitrogen and oxygen atoms in total. The number of aliphatic carboxylic acids is 2. The second kappa shape index (κ2) is 7.32. The van der Waals surface area contributed by atoms with Gasteiger partial charge in [-0.15, -0.1) is 0 Å². The lowest BCUT2D eigenvalue weighted by Crippen LogP contribution is -2.22. The lowest BCUT2D eigenvalue weighted by molar-refractivity contribution is -0.138. The van der Waals surface area contributed by atoms with Gasteiger partial charge in [-0.25, -0.2) is 4.79 Å². The molecule has 0 bridgehead atoms. The molecular formula is C16H19N3O6. The van der Waals surface area contributed by atoms with E-state index in [1.807, 2.05) is 0 Å². The molecule has 0 radical (unpaired) electrons. The molecule has 0 aliphatic rings. The number of hydrogen-bond acceptors (Lipinski definition) is 6. The summed E-state index contributed by atoms with van der Waals surface area (Å²) >= 11 is 0. The molecule has 25 heavy (non-hydrogen) atoms. The molecule has 2 unspecified atom stereocenters. The number of aromatic nitrogens is 1. The molecule has 0 aliphatic carbocycles. The average Bonchev–Trinajstić information content (AvgIpc) is 2.92. The fraction of sp³-hybridized carbons (Fsp3) is 0.312. The van der Waals surface area contributed by atoms with Crippen LogP contribution in [0.15, 0.2) is 24.3 Å². The van der Waals surface area contributed by atoms with Crippen LogP contribution in [0.2, 0.25) is 0 Å². The van der Waals surface area contributed by atoms with Crippen LogP contribution in [-0.2, 0) is 14.3 Å². The predicted molar refractivity (Wildman–Crippen MR) is 87.1 cm³/mol. The minimum atomic E-state index is -1.10. The van der Waals surface area contributed by atoms with E-state index in [9.17, 15) is 14.4 Å². The van der Waals surface area contributed by atoms with Crippen molar-refractivity contribution in [2.24, 2.45) is 11.5 Å². The molecular weight excluding hydrogens is 330 g/mol. The van der Waals surface area contributed by atoms with Gasteiger partial charge in [0.15, 0.2) is 0 Å². The van der Waals surface area contributed by atoms with E-state index in [4.69, 9.17) is 26.4 Å². The molecule has 0 aromatic carbocycles. The lowest BCUT2D eigenvalue weighted by Gasteiger charge is -2.17. The predicted octanol–water partition coefficient (Wildman–Crippen LogP) is 0.675. The Labute approximate surface area is 142 Å². The van der Waals surface area contributed by atoms with E-state index < -0.39 is 30.0 Å². The first-order valence-electron chi connectivity index (χ1n) is 7.43. The van der Waals surface area contributed by atoms with Crippen LogP contribution in [0.3, 0.4) is 0 Å². The molecule has 134 valence electrons. The van der Waals surface area contributed by atoms with Crippen molar-refractivity contribution in [1.29, 1.82) is 0 Å². The third-order valence-electron chi connectivity index (χ3n) is 3.80. The fourth-order valence-corrected chi connectivity index (χ4v) is 2.73. The topological polar surface area (TPSA) is 157 Å². The van der Waals surface area contributed by atoms with Crippen LogP contribution in [-0.4, -0.2) is 39.6 Å². The van der Waals surface area contributed by atoms with Gasteiger partial charge in [0.25, 0.3) is 0 Å². The van der Waals surface area contributed by atoms with Crippen LogP contribution in [0.4, 0.5) is 0 Å². The first-order chi connectivity index (χ1) is 11.8. The molecule has 2 aromatic heterocycles. The Hall–Kier alpha value is -2.91. The van der Waals surface area contributed by atoms with Crippen LogP contribution in [0.1, 0.15) is 46.7 Å². The maximum absolute atomic E-state index is 12.0. The van der Waals surface area contributed by atoms with Crippen LogP contribution < -0.4 is 11.5 Å². The molecule has 0 saturated heterocycles. The smallest absolute Gasteiger partial charge is 0.340 e. The average molecular weight is 349 g/mol. The van der Waals surface area contributed by atoms with Crippen LogP contribution in [0.25, 0.3) is 5.52 Å². The summed E-state index contributed by atoms with van der Waals surface area (Å²) in [5, 5.41) is 18.0. The van der Waals surface area contributed by atoms with Crippen LogP contribution in [0, 0.1) is 0 Å². The van der Waals surface area contributed by atoms with Gasteiger partial charge in [0.1, 0.15) is 0 Å². The normalized spacial score (nSPS) is 13.4. The Balaban J connectivity index is 2.70. The Kier molecular flexibility index (Phi) is 5.40. The number of carboxylic acid groups (broad SMARTS) is 2. The molecule has 9 heteroatoms. The number of esters is 1. The molecule has 0 aliphatic heterocycles. The van der Waals surface area contributed by atoms with Gasteiger partial charge in [-0.05, 0) is 18.2 Å². The summed E-state index contributed by atoms with van der Waals surface area (Å²) in [6.45, 7) is 0. The summed E-state index contributed by atoms with van der Waals surface area (Å²) in [7, 11) is 1.22. The zero-order valence-electron chi connectivity index (χ0n) is 13.5. The minimum absolute atomic E-state index is 0.197. The van der Waals surface area contributed by atoms with Crippen molar-refractivity contribution in [2.75, 3.05) is 7.11 Å². The van der Waals surface area contributed by atoms with Gasteiger partial charge >= 0.3 is 17.9 Å². The van der Waals surface area contributed by atoms with Gasteiger partial charge in [-0.3, -0.25) is 9.59 Å². The second-order valence-corrected chi connectivity index (χ2v) is 5.55. The van der Waals surface area contributed by atoms with Crippen LogP contribution >= 0.6 is 0 Å². The Morgan fingerprint density at radius 1 is 1.08 bits per heavy atom. The van der Waals surface area contributed by atoms with Gasteiger partial charge in [-0.2, -0.15) is 0 Å². The Bertz CT molecular complexity index is 829. The van der Waals surface area contributed by atoms with Crippen molar-refractivity contribution < 1.29 is 29.3 Å². The zero-order valence-corrected chi connectivity index (χ0v) is 13.5. The highest BCUT2D eigenvalue weighted by Crippen LogP contribution is 2.28. The van der Waals surface area contributed by atoms with E-state index in [1.54, 1.807) is 18.2 Å². The third-order valence-corrected chi connectivity index (χ3v) is 3.80. The Morgan fingerprint density at radius 2 is 1.64 bits per heavy atom. The van der Waals surface area contributed by atoms with Gasteiger partial charge in [0.2, 0.25) is 0 Å². The number of ether oxygens (including phenoxy) is 1. The standard InChI is InChI=1S/C16H19N3O6/c1-25-16(24)8-5-13(10(18)7-15(22)23)19-11(8)3-2-4-12(19)9(17)6-14(20)21/h2-5,9-10H,6-7,17-18H2,1H3,(H,20,21)(H,22,23). The molecule has 0 amide bonds. The van der Waals surface area contributed by atoms with Crippen molar-refractivity contribution >= 4 is 23.4 Å². The summed E-state index contributed by atoms with van der Waals surface area (Å²) in [4.78, 5) is 34.0. The monoisotopic (exact) mass is 349 g/mol. The van der Waals surface area contributed by atoms with E-state index in [1.165, 1.54) is 17.6 Å². The van der Waals surface area contributed by atoms with Gasteiger partial charge in [0, 0.05) is 11.4 Å². The molecule has 2 heterocycles. The Morgan fingerprint density at radius 3 is 2.16 bits per heavy atom. The molecule has 2 atom stereocenters. The summed E-state index contributed by atoms with van der Waals surface area (Å²) in [6.07, 6.45) is -0.701. The van der Waals surface area contributed by atoms with E-state index >= 15 is 0 Å². The van der Waals surface area contributed by atoms with E-state index in [0.29, 0.717) is 16.9 Å². The zero-order chi connectivity index (χ0) is 18.7. The highest BCUT2D eigenvalue weighted by molar-refractivity contribution is 5.98. The maximum Gasteiger partial charge on any atom is 0.340 e. The molecule has 6 N–H and O–H groups in total. The first-order valence-corrected chi connectivity index (χ1v) is 7.43. The summed E-state index contributed by atoms with van der Waals surface area (Å²) < 4.78 is 6.28. The number of methoxy groups -OCH3 is 1. The van der Waals surface area contributed by atoms with Crippen LogP contribution in [0.5, 0.6) is 0 Å². The number of carbonyl (C=O) groups is 3.